The number of nitrogens with one attached hydrogen (secondary N) is 2. The van der Waals surface area contributed by atoms with Crippen LogP contribution in [0.15, 0.2) is 11.8 Å². The van der Waals surface area contributed by atoms with Gasteiger partial charge in [-0.15, -0.1) is 0 Å². The second-order valence-corrected chi connectivity index (χ2v) is 8.47. The Kier molecular flexibility index (Phi) is 3.83. The van der Waals surface area contributed by atoms with E-state index in [0.29, 0.717) is 0 Å². The minimum Gasteiger partial charge on any atom is -0.384 e. The smallest absolute Gasteiger partial charge is 0.263 e. The van der Waals surface area contributed by atoms with Gasteiger partial charge in [0.1, 0.15) is 11.6 Å². The minimum absolute atomic E-state index is 0.157. The Balaban J connectivity index is 1.42. The molecule has 0 aromatic carbocycles. The van der Waals surface area contributed by atoms with Gasteiger partial charge in [0.25, 0.3) is 5.91 Å². The lowest BCUT2D eigenvalue weighted by molar-refractivity contribution is -0.117. The van der Waals surface area contributed by atoms with Gasteiger partial charge >= 0.3 is 0 Å². The summed E-state index contributed by atoms with van der Waals surface area (Å²) < 4.78 is 0. The van der Waals surface area contributed by atoms with Crippen molar-refractivity contribution in [2.24, 2.45) is 17.8 Å². The molecule has 2 N–H and O–H groups in total. The summed E-state index contributed by atoms with van der Waals surface area (Å²) >= 11 is 0. The van der Waals surface area contributed by atoms with Gasteiger partial charge in [0, 0.05) is 17.8 Å². The number of carbonyl (C=O) groups excluding carboxylic acids is 1. The molecule has 5 aliphatic carbocycles. The molecule has 0 saturated heterocycles. The Labute approximate surface area is 138 Å². The van der Waals surface area contributed by atoms with Crippen LogP contribution in [0.3, 0.4) is 0 Å². The number of carbonyl (C=O) groups is 1. The van der Waals surface area contributed by atoms with E-state index >= 15 is 0 Å². The molecule has 4 bridgehead atoms. The lowest BCUT2D eigenvalue weighted by atomic mass is 9.53. The van der Waals surface area contributed by atoms with Gasteiger partial charge in [0.15, 0.2) is 0 Å². The van der Waals surface area contributed by atoms with Gasteiger partial charge in [-0.2, -0.15) is 5.26 Å². The highest BCUT2D eigenvalue weighted by molar-refractivity contribution is 5.97. The number of nitriles is 1. The minimum atomic E-state index is -0.198. The average Bonchev–Trinajstić information content (AvgIpc) is 2.99. The molecule has 0 heterocycles. The molecule has 5 saturated carbocycles. The molecule has 5 aliphatic rings. The number of nitrogens with zero attached hydrogens (tertiary/aromatic N) is 1. The third kappa shape index (κ3) is 2.98. The van der Waals surface area contributed by atoms with E-state index in [1.807, 2.05) is 0 Å². The quantitative estimate of drug-likeness (QED) is 0.619. The van der Waals surface area contributed by atoms with Crippen molar-refractivity contribution in [3.05, 3.63) is 11.8 Å². The van der Waals surface area contributed by atoms with Crippen LogP contribution < -0.4 is 10.6 Å². The van der Waals surface area contributed by atoms with Crippen LogP contribution in [0.1, 0.15) is 64.2 Å². The second-order valence-electron chi connectivity index (χ2n) is 8.47. The first-order valence-electron chi connectivity index (χ1n) is 9.35. The molecule has 124 valence electrons. The molecule has 0 unspecified atom stereocenters. The Bertz CT molecular complexity index is 518. The summed E-state index contributed by atoms with van der Waals surface area (Å²) in [5.74, 6) is 2.39. The molecule has 0 radical (unpaired) electrons. The van der Waals surface area contributed by atoms with Crippen molar-refractivity contribution in [1.29, 1.82) is 5.26 Å². The molecule has 4 nitrogen and oxygen atoms in total. The van der Waals surface area contributed by atoms with Crippen molar-refractivity contribution >= 4 is 5.91 Å². The van der Waals surface area contributed by atoms with E-state index in [1.165, 1.54) is 51.4 Å². The first-order valence-corrected chi connectivity index (χ1v) is 9.35. The Morgan fingerprint density at radius 3 is 2.13 bits per heavy atom. The Hall–Kier alpha value is -1.50. The van der Waals surface area contributed by atoms with Crippen molar-refractivity contribution in [1.82, 2.24) is 10.6 Å². The predicted molar refractivity (Wildman–Crippen MR) is 88.1 cm³/mol. The molecule has 5 fully saturated rings. The summed E-state index contributed by atoms with van der Waals surface area (Å²) in [6.07, 6.45) is 14.0. The highest BCUT2D eigenvalue weighted by atomic mass is 16.1. The number of hydrogen-bond acceptors (Lipinski definition) is 3. The van der Waals surface area contributed by atoms with Crippen LogP contribution >= 0.6 is 0 Å². The van der Waals surface area contributed by atoms with Crippen molar-refractivity contribution in [3.63, 3.8) is 0 Å². The first-order chi connectivity index (χ1) is 11.2. The lowest BCUT2D eigenvalue weighted by Crippen LogP contribution is -2.57. The van der Waals surface area contributed by atoms with Gasteiger partial charge in [-0.25, -0.2) is 0 Å². The van der Waals surface area contributed by atoms with E-state index in [1.54, 1.807) is 6.20 Å². The first kappa shape index (κ1) is 15.1. The largest absolute Gasteiger partial charge is 0.384 e. The number of rotatable bonds is 4. The topological polar surface area (TPSA) is 64.9 Å². The molecule has 0 aliphatic heterocycles. The molecule has 1 amide bonds. The number of amides is 1. The second kappa shape index (κ2) is 5.85. The monoisotopic (exact) mass is 313 g/mol. The van der Waals surface area contributed by atoms with E-state index in [-0.39, 0.29) is 23.1 Å². The van der Waals surface area contributed by atoms with Gasteiger partial charge < -0.3 is 10.6 Å². The molecule has 0 spiro atoms. The van der Waals surface area contributed by atoms with E-state index in [0.717, 1.165) is 30.6 Å². The SMILES string of the molecule is N#C/C(=C/NC12CC3CC(CC(C3)C1)C2)C(=O)NC1CCCC1. The molecule has 0 aromatic rings. The van der Waals surface area contributed by atoms with Crippen LogP contribution in [-0.2, 0) is 4.79 Å². The van der Waals surface area contributed by atoms with Crippen molar-refractivity contribution in [2.45, 2.75) is 75.8 Å². The summed E-state index contributed by atoms with van der Waals surface area (Å²) in [4.78, 5) is 12.3. The molecule has 0 aromatic heterocycles. The van der Waals surface area contributed by atoms with Gasteiger partial charge in [-0.1, -0.05) is 12.8 Å². The zero-order valence-electron chi connectivity index (χ0n) is 13.8. The summed E-state index contributed by atoms with van der Waals surface area (Å²) in [5.41, 5.74) is 0.400. The summed E-state index contributed by atoms with van der Waals surface area (Å²) in [7, 11) is 0. The Morgan fingerprint density at radius 1 is 1.04 bits per heavy atom. The van der Waals surface area contributed by atoms with Crippen LogP contribution in [0.4, 0.5) is 0 Å². The normalized spacial score (nSPS) is 39.3. The standard InChI is InChI=1S/C19H27N3O/c20-11-16(18(23)22-17-3-1-2-4-17)12-21-19-8-13-5-14(9-19)7-15(6-13)10-19/h12-15,17,21H,1-10H2,(H,22,23)/b16-12-. The maximum absolute atomic E-state index is 12.3. The van der Waals surface area contributed by atoms with Gasteiger partial charge in [-0.3, -0.25) is 4.79 Å². The zero-order chi connectivity index (χ0) is 15.9. The molecule has 4 heteroatoms. The maximum Gasteiger partial charge on any atom is 0.263 e. The molecular weight excluding hydrogens is 286 g/mol. The predicted octanol–water partition coefficient (Wildman–Crippen LogP) is 3.01. The van der Waals surface area contributed by atoms with Crippen molar-refractivity contribution < 1.29 is 4.79 Å². The third-order valence-electron chi connectivity index (χ3n) is 6.62. The third-order valence-corrected chi connectivity index (χ3v) is 6.62. The van der Waals surface area contributed by atoms with Crippen molar-refractivity contribution in [3.8, 4) is 6.07 Å². The fourth-order valence-electron chi connectivity index (χ4n) is 5.99. The van der Waals surface area contributed by atoms with Crippen LogP contribution in [-0.4, -0.2) is 17.5 Å². The zero-order valence-corrected chi connectivity index (χ0v) is 13.8. The highest BCUT2D eigenvalue weighted by Crippen LogP contribution is 2.55. The van der Waals surface area contributed by atoms with Crippen LogP contribution in [0, 0.1) is 29.1 Å². The summed E-state index contributed by atoms with van der Waals surface area (Å²) in [6, 6.07) is 2.36. The fraction of sp³-hybridized carbons (Fsp3) is 0.789. The molecule has 0 atom stereocenters. The van der Waals surface area contributed by atoms with E-state index in [9.17, 15) is 10.1 Å². The number of hydrogen-bond donors (Lipinski definition) is 2. The van der Waals surface area contributed by atoms with Gasteiger partial charge in [-0.05, 0) is 69.1 Å². The van der Waals surface area contributed by atoms with E-state index < -0.39 is 0 Å². The van der Waals surface area contributed by atoms with Crippen molar-refractivity contribution in [2.75, 3.05) is 0 Å². The van der Waals surface area contributed by atoms with Crippen LogP contribution in [0.25, 0.3) is 0 Å². The average molecular weight is 313 g/mol. The molecular formula is C19H27N3O. The molecule has 23 heavy (non-hydrogen) atoms. The summed E-state index contributed by atoms with van der Waals surface area (Å²) in [5, 5.41) is 15.9. The van der Waals surface area contributed by atoms with E-state index in [2.05, 4.69) is 16.7 Å². The molecule has 5 rings (SSSR count). The summed E-state index contributed by atoms with van der Waals surface area (Å²) in [6.45, 7) is 0. The fourth-order valence-corrected chi connectivity index (χ4v) is 5.99. The van der Waals surface area contributed by atoms with Crippen LogP contribution in [0.5, 0.6) is 0 Å². The Morgan fingerprint density at radius 2 is 1.61 bits per heavy atom. The van der Waals surface area contributed by atoms with Gasteiger partial charge in [0.05, 0.1) is 0 Å². The van der Waals surface area contributed by atoms with Crippen LogP contribution in [0.2, 0.25) is 0 Å². The maximum atomic E-state index is 12.3. The highest BCUT2D eigenvalue weighted by Gasteiger charge is 2.50. The van der Waals surface area contributed by atoms with E-state index in [4.69, 9.17) is 0 Å². The lowest BCUT2D eigenvalue weighted by Gasteiger charge is -2.56. The van der Waals surface area contributed by atoms with Gasteiger partial charge in [0.2, 0.25) is 0 Å².